The molecular formula is C16H23N3O3. The van der Waals surface area contributed by atoms with Crippen LogP contribution < -0.4 is 5.32 Å². The van der Waals surface area contributed by atoms with Crippen molar-refractivity contribution in [3.63, 3.8) is 0 Å². The van der Waals surface area contributed by atoms with Crippen LogP contribution in [0.25, 0.3) is 0 Å². The molecule has 0 unspecified atom stereocenters. The summed E-state index contributed by atoms with van der Waals surface area (Å²) in [6.07, 6.45) is 5.35. The molecule has 2 amide bonds. The highest BCUT2D eigenvalue weighted by atomic mass is 16.5. The second-order valence-electron chi connectivity index (χ2n) is 6.62. The molecule has 2 heterocycles. The fraction of sp³-hybridized carbons (Fsp3) is 0.688. The number of nitrogens with one attached hydrogen (secondary N) is 1. The van der Waals surface area contributed by atoms with Crippen molar-refractivity contribution in [1.82, 2.24) is 15.4 Å². The summed E-state index contributed by atoms with van der Waals surface area (Å²) >= 11 is 0. The van der Waals surface area contributed by atoms with Crippen molar-refractivity contribution < 1.29 is 14.1 Å². The van der Waals surface area contributed by atoms with E-state index < -0.39 is 0 Å². The Morgan fingerprint density at radius 1 is 1.32 bits per heavy atom. The van der Waals surface area contributed by atoms with E-state index in [1.807, 2.05) is 11.9 Å². The Bertz CT molecular complexity index is 580. The van der Waals surface area contributed by atoms with E-state index in [0.29, 0.717) is 23.4 Å². The van der Waals surface area contributed by atoms with Crippen LogP contribution in [0, 0.1) is 13.8 Å². The molecular weight excluding hydrogens is 282 g/mol. The number of carbonyl (C=O) groups excluding carboxylic acids is 2. The second kappa shape index (κ2) is 5.41. The van der Waals surface area contributed by atoms with Crippen LogP contribution in [0.15, 0.2) is 4.52 Å². The number of aromatic nitrogens is 1. The van der Waals surface area contributed by atoms with Gasteiger partial charge >= 0.3 is 0 Å². The monoisotopic (exact) mass is 305 g/mol. The van der Waals surface area contributed by atoms with Gasteiger partial charge in [0.15, 0.2) is 0 Å². The summed E-state index contributed by atoms with van der Waals surface area (Å²) in [5, 5.41) is 6.92. The van der Waals surface area contributed by atoms with E-state index in [1.165, 1.54) is 0 Å². The van der Waals surface area contributed by atoms with Gasteiger partial charge in [0.25, 0.3) is 5.91 Å². The van der Waals surface area contributed by atoms with E-state index in [1.54, 1.807) is 13.8 Å². The number of nitrogens with zero attached hydrogens (tertiary/aromatic N) is 2. The third kappa shape index (κ3) is 2.40. The zero-order valence-electron chi connectivity index (χ0n) is 13.4. The molecule has 1 aromatic rings. The number of hydrogen-bond acceptors (Lipinski definition) is 4. The normalized spacial score (nSPS) is 28.4. The van der Waals surface area contributed by atoms with Crippen LogP contribution in [0.3, 0.4) is 0 Å². The van der Waals surface area contributed by atoms with Crippen molar-refractivity contribution in [3.05, 3.63) is 17.0 Å². The summed E-state index contributed by atoms with van der Waals surface area (Å²) in [5.74, 6) is 0.703. The minimum atomic E-state index is -0.104. The van der Waals surface area contributed by atoms with Gasteiger partial charge in [-0.2, -0.15) is 0 Å². The summed E-state index contributed by atoms with van der Waals surface area (Å²) in [4.78, 5) is 26.1. The van der Waals surface area contributed by atoms with Crippen LogP contribution >= 0.6 is 0 Å². The summed E-state index contributed by atoms with van der Waals surface area (Å²) in [5.41, 5.74) is 1.21. The second-order valence-corrected chi connectivity index (χ2v) is 6.62. The predicted molar refractivity (Wildman–Crippen MR) is 80.4 cm³/mol. The summed E-state index contributed by atoms with van der Waals surface area (Å²) in [7, 11) is 1.91. The lowest BCUT2D eigenvalue weighted by Gasteiger charge is -2.42. The molecule has 2 aliphatic rings. The molecule has 0 radical (unpaired) electrons. The lowest BCUT2D eigenvalue weighted by molar-refractivity contribution is -0.130. The lowest BCUT2D eigenvalue weighted by atomic mass is 9.78. The molecule has 22 heavy (non-hydrogen) atoms. The predicted octanol–water partition coefficient (Wildman–Crippen LogP) is 1.95. The Kier molecular flexibility index (Phi) is 3.70. The van der Waals surface area contributed by atoms with Gasteiger partial charge < -0.3 is 14.7 Å². The summed E-state index contributed by atoms with van der Waals surface area (Å²) in [6.45, 7) is 3.53. The molecule has 2 fully saturated rings. The number of hydrogen-bond donors (Lipinski definition) is 1. The Morgan fingerprint density at radius 2 is 2.00 bits per heavy atom. The topological polar surface area (TPSA) is 75.4 Å². The quantitative estimate of drug-likeness (QED) is 0.906. The molecule has 1 saturated heterocycles. The van der Waals surface area contributed by atoms with Gasteiger partial charge in [-0.05, 0) is 46.0 Å². The fourth-order valence-corrected chi connectivity index (χ4v) is 3.89. The Labute approximate surface area is 130 Å². The largest absolute Gasteiger partial charge is 0.361 e. The van der Waals surface area contributed by atoms with Crippen LogP contribution in [-0.2, 0) is 4.79 Å². The summed E-state index contributed by atoms with van der Waals surface area (Å²) < 4.78 is 5.05. The first kappa shape index (κ1) is 15.1. The van der Waals surface area contributed by atoms with Crippen LogP contribution in [0.5, 0.6) is 0 Å². The number of likely N-dealkylation sites (tertiary alicyclic amines) is 1. The zero-order valence-corrected chi connectivity index (χ0v) is 13.4. The third-order valence-electron chi connectivity index (χ3n) is 5.40. The molecule has 1 aliphatic carbocycles. The number of carbonyl (C=O) groups is 2. The molecule has 6 heteroatoms. The maximum Gasteiger partial charge on any atom is 0.257 e. The third-order valence-corrected chi connectivity index (χ3v) is 5.40. The highest BCUT2D eigenvalue weighted by Crippen LogP contribution is 2.41. The van der Waals surface area contributed by atoms with E-state index in [-0.39, 0.29) is 23.4 Å². The molecule has 3 rings (SSSR count). The molecule has 1 aliphatic heterocycles. The van der Waals surface area contributed by atoms with Gasteiger partial charge in [-0.25, -0.2) is 0 Å². The van der Waals surface area contributed by atoms with Gasteiger partial charge in [0.2, 0.25) is 5.91 Å². The first-order valence-electron chi connectivity index (χ1n) is 7.93. The van der Waals surface area contributed by atoms with Crippen molar-refractivity contribution in [2.45, 2.75) is 64.0 Å². The standard InChI is InChI=1S/C16H23N3O3/c1-10-14(11(2)22-18-10)15(21)17-12-4-7-16(8-5-12)9-6-13(20)19(16)3/h12H,4-9H2,1-3H3,(H,17,21). The first-order chi connectivity index (χ1) is 10.4. The van der Waals surface area contributed by atoms with E-state index >= 15 is 0 Å². The Morgan fingerprint density at radius 3 is 2.50 bits per heavy atom. The van der Waals surface area contributed by atoms with E-state index in [2.05, 4.69) is 10.5 Å². The molecule has 1 spiro atoms. The number of amides is 2. The van der Waals surface area contributed by atoms with Crippen LogP contribution in [0.4, 0.5) is 0 Å². The molecule has 1 N–H and O–H groups in total. The molecule has 6 nitrogen and oxygen atoms in total. The van der Waals surface area contributed by atoms with E-state index in [9.17, 15) is 9.59 Å². The average Bonchev–Trinajstić information content (AvgIpc) is 2.97. The zero-order chi connectivity index (χ0) is 15.9. The maximum absolute atomic E-state index is 12.4. The van der Waals surface area contributed by atoms with Crippen molar-refractivity contribution >= 4 is 11.8 Å². The highest BCUT2D eigenvalue weighted by Gasteiger charge is 2.45. The van der Waals surface area contributed by atoms with Crippen molar-refractivity contribution in [3.8, 4) is 0 Å². The Hall–Kier alpha value is -1.85. The minimum absolute atomic E-state index is 0.0291. The van der Waals surface area contributed by atoms with Crippen LogP contribution in [0.1, 0.15) is 60.3 Å². The molecule has 120 valence electrons. The molecule has 0 bridgehead atoms. The SMILES string of the molecule is Cc1noc(C)c1C(=O)NC1CCC2(CCC(=O)N2C)CC1. The van der Waals surface area contributed by atoms with Gasteiger partial charge in [-0.1, -0.05) is 5.16 Å². The van der Waals surface area contributed by atoms with Crippen molar-refractivity contribution in [2.24, 2.45) is 0 Å². The van der Waals surface area contributed by atoms with Crippen LogP contribution in [0.2, 0.25) is 0 Å². The fourth-order valence-electron chi connectivity index (χ4n) is 3.89. The maximum atomic E-state index is 12.4. The van der Waals surface area contributed by atoms with E-state index in [0.717, 1.165) is 32.1 Å². The molecule has 1 aromatic heterocycles. The minimum Gasteiger partial charge on any atom is -0.361 e. The number of rotatable bonds is 2. The molecule has 1 saturated carbocycles. The van der Waals surface area contributed by atoms with Crippen molar-refractivity contribution in [1.29, 1.82) is 0 Å². The summed E-state index contributed by atoms with van der Waals surface area (Å²) in [6, 6.07) is 0.163. The van der Waals surface area contributed by atoms with Crippen LogP contribution in [-0.4, -0.2) is 40.5 Å². The van der Waals surface area contributed by atoms with Crippen molar-refractivity contribution in [2.75, 3.05) is 7.05 Å². The smallest absolute Gasteiger partial charge is 0.257 e. The Balaban J connectivity index is 1.61. The molecule has 0 aromatic carbocycles. The van der Waals surface area contributed by atoms with Gasteiger partial charge in [-0.3, -0.25) is 9.59 Å². The van der Waals surface area contributed by atoms with Gasteiger partial charge in [0.05, 0.1) is 5.69 Å². The van der Waals surface area contributed by atoms with Gasteiger partial charge in [0.1, 0.15) is 11.3 Å². The molecule has 0 atom stereocenters. The first-order valence-corrected chi connectivity index (χ1v) is 7.93. The van der Waals surface area contributed by atoms with E-state index in [4.69, 9.17) is 4.52 Å². The number of aryl methyl sites for hydroxylation is 2. The van der Waals surface area contributed by atoms with Gasteiger partial charge in [0, 0.05) is 25.0 Å². The average molecular weight is 305 g/mol. The lowest BCUT2D eigenvalue weighted by Crippen LogP contribution is -2.49. The van der Waals surface area contributed by atoms with Gasteiger partial charge in [-0.15, -0.1) is 0 Å². The highest BCUT2D eigenvalue weighted by molar-refractivity contribution is 5.96.